The van der Waals surface area contributed by atoms with Crippen LogP contribution in [-0.4, -0.2) is 36.7 Å². The zero-order valence-corrected chi connectivity index (χ0v) is 5.00. The SMILES string of the molecule is COC(=O)N(CO)CF. The van der Waals surface area contributed by atoms with Crippen LogP contribution in [-0.2, 0) is 4.74 Å². The zero-order valence-electron chi connectivity index (χ0n) is 5.00. The highest BCUT2D eigenvalue weighted by molar-refractivity contribution is 5.66. The highest BCUT2D eigenvalue weighted by Gasteiger charge is 2.09. The van der Waals surface area contributed by atoms with Crippen molar-refractivity contribution in [3.63, 3.8) is 0 Å². The standard InChI is InChI=1S/C4H8FNO3/c1-9-4(8)6(2-5)3-7/h7H,2-3H2,1H3. The van der Waals surface area contributed by atoms with E-state index >= 15 is 0 Å². The molecule has 0 aliphatic carbocycles. The number of methoxy groups -OCH3 is 1. The monoisotopic (exact) mass is 137 g/mol. The summed E-state index contributed by atoms with van der Waals surface area (Å²) in [5, 5.41) is 8.21. The van der Waals surface area contributed by atoms with Crippen molar-refractivity contribution < 1.29 is 19.0 Å². The summed E-state index contributed by atoms with van der Waals surface area (Å²) in [7, 11) is 1.11. The number of aliphatic hydroxyl groups excluding tert-OH is 1. The molecule has 0 rings (SSSR count). The molecule has 0 fully saturated rings. The molecule has 0 radical (unpaired) electrons. The summed E-state index contributed by atoms with van der Waals surface area (Å²) in [4.78, 5) is 10.8. The number of halogens is 1. The number of ether oxygens (including phenoxy) is 1. The molecule has 0 heterocycles. The van der Waals surface area contributed by atoms with Crippen molar-refractivity contribution in [2.75, 3.05) is 20.6 Å². The molecule has 4 nitrogen and oxygen atoms in total. The fourth-order valence-electron chi connectivity index (χ4n) is 0.273. The van der Waals surface area contributed by atoms with E-state index in [1.807, 2.05) is 0 Å². The van der Waals surface area contributed by atoms with Gasteiger partial charge >= 0.3 is 6.09 Å². The number of alkyl halides is 1. The molecular weight excluding hydrogens is 129 g/mol. The molecule has 1 amide bonds. The molecule has 0 aromatic heterocycles. The van der Waals surface area contributed by atoms with Crippen molar-refractivity contribution in [2.24, 2.45) is 0 Å². The molecule has 0 atom stereocenters. The van der Waals surface area contributed by atoms with Gasteiger partial charge in [-0.1, -0.05) is 0 Å². The fourth-order valence-corrected chi connectivity index (χ4v) is 0.273. The number of carbonyl (C=O) groups is 1. The highest BCUT2D eigenvalue weighted by Crippen LogP contribution is 1.89. The third-order valence-electron chi connectivity index (χ3n) is 0.748. The molecule has 0 saturated heterocycles. The van der Waals surface area contributed by atoms with Crippen LogP contribution in [0, 0.1) is 0 Å². The number of hydrogen-bond acceptors (Lipinski definition) is 3. The van der Waals surface area contributed by atoms with Crippen LogP contribution in [0.5, 0.6) is 0 Å². The molecule has 0 saturated carbocycles. The second-order valence-corrected chi connectivity index (χ2v) is 1.27. The summed E-state index contributed by atoms with van der Waals surface area (Å²) >= 11 is 0. The number of rotatable bonds is 2. The average Bonchev–Trinajstić information content (AvgIpc) is 1.90. The van der Waals surface area contributed by atoms with E-state index in [1.165, 1.54) is 0 Å². The van der Waals surface area contributed by atoms with Gasteiger partial charge in [0.2, 0.25) is 0 Å². The Morgan fingerprint density at radius 3 is 2.56 bits per heavy atom. The lowest BCUT2D eigenvalue weighted by Gasteiger charge is -2.12. The number of aliphatic hydroxyl groups is 1. The Bertz CT molecular complexity index is 93.8. The Hall–Kier alpha value is -0.840. The Kier molecular flexibility index (Phi) is 3.70. The quantitative estimate of drug-likeness (QED) is 0.428. The van der Waals surface area contributed by atoms with Gasteiger partial charge in [0.25, 0.3) is 0 Å². The van der Waals surface area contributed by atoms with E-state index < -0.39 is 19.6 Å². The first-order chi connectivity index (χ1) is 4.26. The van der Waals surface area contributed by atoms with E-state index in [9.17, 15) is 9.18 Å². The van der Waals surface area contributed by atoms with Crippen molar-refractivity contribution in [1.82, 2.24) is 4.90 Å². The normalized spacial score (nSPS) is 8.78. The summed E-state index contributed by atoms with van der Waals surface area (Å²) in [6, 6.07) is 0. The van der Waals surface area contributed by atoms with Crippen molar-refractivity contribution >= 4 is 6.09 Å². The van der Waals surface area contributed by atoms with Crippen LogP contribution >= 0.6 is 0 Å². The van der Waals surface area contributed by atoms with Gasteiger partial charge in [-0.3, -0.25) is 4.90 Å². The number of nitrogens with zero attached hydrogens (tertiary/aromatic N) is 1. The fraction of sp³-hybridized carbons (Fsp3) is 0.750. The van der Waals surface area contributed by atoms with E-state index in [2.05, 4.69) is 4.74 Å². The maximum atomic E-state index is 11.6. The van der Waals surface area contributed by atoms with Gasteiger partial charge in [-0.25, -0.2) is 9.18 Å². The maximum Gasteiger partial charge on any atom is 0.413 e. The van der Waals surface area contributed by atoms with Gasteiger partial charge in [-0.05, 0) is 0 Å². The van der Waals surface area contributed by atoms with Crippen molar-refractivity contribution in [1.29, 1.82) is 0 Å². The zero-order chi connectivity index (χ0) is 7.28. The van der Waals surface area contributed by atoms with Gasteiger partial charge in [0, 0.05) is 0 Å². The first-order valence-corrected chi connectivity index (χ1v) is 2.26. The number of hydrogen-bond donors (Lipinski definition) is 1. The summed E-state index contributed by atoms with van der Waals surface area (Å²) < 4.78 is 15.6. The minimum absolute atomic E-state index is 0.500. The molecule has 0 aliphatic rings. The lowest BCUT2D eigenvalue weighted by molar-refractivity contribution is 0.0527. The topological polar surface area (TPSA) is 49.8 Å². The molecule has 0 aromatic rings. The molecule has 1 N–H and O–H groups in total. The second kappa shape index (κ2) is 4.08. The van der Waals surface area contributed by atoms with E-state index in [4.69, 9.17) is 5.11 Å². The third kappa shape index (κ3) is 2.27. The van der Waals surface area contributed by atoms with Crippen LogP contribution in [0.2, 0.25) is 0 Å². The first kappa shape index (κ1) is 8.16. The largest absolute Gasteiger partial charge is 0.453 e. The van der Waals surface area contributed by atoms with Gasteiger partial charge in [0.1, 0.15) is 6.73 Å². The Balaban J connectivity index is 3.64. The number of amides is 1. The van der Waals surface area contributed by atoms with Crippen molar-refractivity contribution in [3.8, 4) is 0 Å². The van der Waals surface area contributed by atoms with Crippen LogP contribution in [0.25, 0.3) is 0 Å². The molecule has 54 valence electrons. The first-order valence-electron chi connectivity index (χ1n) is 2.26. The number of carbonyl (C=O) groups excluding carboxylic acids is 1. The molecule has 0 aromatic carbocycles. The molecule has 5 heteroatoms. The Labute approximate surface area is 51.8 Å². The maximum absolute atomic E-state index is 11.6. The smallest absolute Gasteiger partial charge is 0.413 e. The van der Waals surface area contributed by atoms with Crippen molar-refractivity contribution in [2.45, 2.75) is 0 Å². The summed E-state index contributed by atoms with van der Waals surface area (Å²) in [6.07, 6.45) is -0.875. The Morgan fingerprint density at radius 2 is 2.44 bits per heavy atom. The molecular formula is C4H8FNO3. The highest BCUT2D eigenvalue weighted by atomic mass is 19.1. The summed E-state index contributed by atoms with van der Waals surface area (Å²) in [5.41, 5.74) is 0. The van der Waals surface area contributed by atoms with Gasteiger partial charge in [-0.2, -0.15) is 0 Å². The molecule has 0 spiro atoms. The van der Waals surface area contributed by atoms with Crippen LogP contribution in [0.3, 0.4) is 0 Å². The second-order valence-electron chi connectivity index (χ2n) is 1.27. The summed E-state index contributed by atoms with van der Waals surface area (Å²) in [5.74, 6) is 0. The predicted molar refractivity (Wildman–Crippen MR) is 27.3 cm³/mol. The van der Waals surface area contributed by atoms with Gasteiger partial charge in [-0.15, -0.1) is 0 Å². The minimum atomic E-state index is -1.04. The third-order valence-corrected chi connectivity index (χ3v) is 0.748. The summed E-state index contributed by atoms with van der Waals surface area (Å²) in [6.45, 7) is -1.70. The van der Waals surface area contributed by atoms with Crippen LogP contribution < -0.4 is 0 Å². The average molecular weight is 137 g/mol. The molecule has 0 unspecified atom stereocenters. The van der Waals surface area contributed by atoms with Gasteiger partial charge < -0.3 is 9.84 Å². The lowest BCUT2D eigenvalue weighted by Crippen LogP contribution is -2.30. The van der Waals surface area contributed by atoms with E-state index in [1.54, 1.807) is 0 Å². The lowest BCUT2D eigenvalue weighted by atomic mass is 10.8. The van der Waals surface area contributed by atoms with Crippen molar-refractivity contribution in [3.05, 3.63) is 0 Å². The predicted octanol–water partition coefficient (Wildman–Crippen LogP) is -0.0684. The van der Waals surface area contributed by atoms with Crippen LogP contribution in [0.1, 0.15) is 0 Å². The van der Waals surface area contributed by atoms with Gasteiger partial charge in [0.05, 0.1) is 7.11 Å². The van der Waals surface area contributed by atoms with Crippen LogP contribution in [0.4, 0.5) is 9.18 Å². The molecule has 9 heavy (non-hydrogen) atoms. The molecule has 0 aliphatic heterocycles. The minimum Gasteiger partial charge on any atom is -0.453 e. The van der Waals surface area contributed by atoms with Gasteiger partial charge in [0.15, 0.2) is 6.80 Å². The Morgan fingerprint density at radius 1 is 1.89 bits per heavy atom. The van der Waals surface area contributed by atoms with E-state index in [0.29, 0.717) is 4.90 Å². The van der Waals surface area contributed by atoms with E-state index in [-0.39, 0.29) is 0 Å². The van der Waals surface area contributed by atoms with E-state index in [0.717, 1.165) is 7.11 Å². The van der Waals surface area contributed by atoms with Crippen LogP contribution in [0.15, 0.2) is 0 Å². The molecule has 0 bridgehead atoms.